The second-order valence-corrected chi connectivity index (χ2v) is 2.11. The van der Waals surface area contributed by atoms with E-state index in [1.165, 1.54) is 7.11 Å². The Bertz CT molecular complexity index is 98.5. The highest BCUT2D eigenvalue weighted by molar-refractivity contribution is 4.73. The van der Waals surface area contributed by atoms with Crippen molar-refractivity contribution >= 4 is 0 Å². The molecule has 0 fully saturated rings. The largest absolute Gasteiger partial charge is 0.406 e. The highest BCUT2D eigenvalue weighted by Gasteiger charge is 2.38. The minimum Gasteiger partial charge on any atom is -0.383 e. The van der Waals surface area contributed by atoms with Crippen molar-refractivity contribution in [2.75, 3.05) is 20.3 Å². The summed E-state index contributed by atoms with van der Waals surface area (Å²) in [5.74, 6) is 0. The van der Waals surface area contributed by atoms with Gasteiger partial charge in [0.1, 0.15) is 6.04 Å². The molecule has 0 aromatic carbocycles. The Morgan fingerprint density at radius 2 is 2.00 bits per heavy atom. The first kappa shape index (κ1) is 10.7. The summed E-state index contributed by atoms with van der Waals surface area (Å²) in [6.45, 7) is 1.57. The van der Waals surface area contributed by atoms with Gasteiger partial charge < -0.3 is 10.1 Å². The van der Waals surface area contributed by atoms with Crippen LogP contribution in [-0.4, -0.2) is 32.5 Å². The van der Waals surface area contributed by atoms with E-state index in [-0.39, 0.29) is 13.2 Å². The summed E-state index contributed by atoms with van der Waals surface area (Å²) in [6, 6.07) is -1.54. The molecule has 0 aliphatic rings. The Morgan fingerprint density at radius 3 is 2.27 bits per heavy atom. The molecule has 0 amide bonds. The molecule has 0 aliphatic carbocycles. The zero-order valence-corrected chi connectivity index (χ0v) is 6.53. The van der Waals surface area contributed by atoms with Gasteiger partial charge in [-0.1, -0.05) is 6.92 Å². The standard InChI is InChI=1S/C6H12F3NO/c1-3-10-5(4-11-2)6(7,8)9/h5,10H,3-4H2,1-2H3. The number of alkyl halides is 3. The summed E-state index contributed by atoms with van der Waals surface area (Å²) in [4.78, 5) is 0. The Kier molecular flexibility index (Phi) is 4.44. The molecule has 0 saturated heterocycles. The van der Waals surface area contributed by atoms with Crippen LogP contribution >= 0.6 is 0 Å². The van der Waals surface area contributed by atoms with Crippen molar-refractivity contribution in [1.29, 1.82) is 0 Å². The molecule has 1 unspecified atom stereocenters. The topological polar surface area (TPSA) is 21.3 Å². The summed E-state index contributed by atoms with van der Waals surface area (Å²) < 4.78 is 40.3. The average Bonchev–Trinajstić information content (AvgIpc) is 1.85. The third kappa shape index (κ3) is 4.21. The number of ether oxygens (including phenoxy) is 1. The first-order chi connectivity index (χ1) is 5.02. The van der Waals surface area contributed by atoms with Crippen LogP contribution in [0, 0.1) is 0 Å². The predicted molar refractivity (Wildman–Crippen MR) is 35.4 cm³/mol. The third-order valence-electron chi connectivity index (χ3n) is 1.18. The number of hydrogen-bond acceptors (Lipinski definition) is 2. The molecule has 1 N–H and O–H groups in total. The minimum atomic E-state index is -4.22. The molecule has 0 rings (SSSR count). The van der Waals surface area contributed by atoms with Crippen LogP contribution in [0.2, 0.25) is 0 Å². The van der Waals surface area contributed by atoms with Gasteiger partial charge >= 0.3 is 6.18 Å². The highest BCUT2D eigenvalue weighted by atomic mass is 19.4. The van der Waals surface area contributed by atoms with Crippen LogP contribution in [0.1, 0.15) is 6.92 Å². The van der Waals surface area contributed by atoms with Crippen molar-refractivity contribution in [3.05, 3.63) is 0 Å². The van der Waals surface area contributed by atoms with Crippen molar-refractivity contribution in [1.82, 2.24) is 5.32 Å². The van der Waals surface area contributed by atoms with Crippen LogP contribution in [0.5, 0.6) is 0 Å². The van der Waals surface area contributed by atoms with Gasteiger partial charge in [-0.2, -0.15) is 13.2 Å². The first-order valence-electron chi connectivity index (χ1n) is 3.31. The fourth-order valence-corrected chi connectivity index (χ4v) is 0.682. The molecule has 1 atom stereocenters. The predicted octanol–water partition coefficient (Wildman–Crippen LogP) is 1.17. The molecular formula is C6H12F3NO. The normalized spacial score (nSPS) is 15.0. The van der Waals surface area contributed by atoms with Gasteiger partial charge in [0.05, 0.1) is 6.61 Å². The lowest BCUT2D eigenvalue weighted by atomic mass is 10.3. The fraction of sp³-hybridized carbons (Fsp3) is 1.00. The lowest BCUT2D eigenvalue weighted by Crippen LogP contribution is -2.45. The average molecular weight is 171 g/mol. The molecule has 0 aromatic heterocycles. The summed E-state index contributed by atoms with van der Waals surface area (Å²) >= 11 is 0. The van der Waals surface area contributed by atoms with E-state index in [0.717, 1.165) is 0 Å². The summed E-state index contributed by atoms with van der Waals surface area (Å²) in [7, 11) is 1.25. The fourth-order valence-electron chi connectivity index (χ4n) is 0.682. The summed E-state index contributed by atoms with van der Waals surface area (Å²) in [6.07, 6.45) is -4.22. The third-order valence-corrected chi connectivity index (χ3v) is 1.18. The second-order valence-electron chi connectivity index (χ2n) is 2.11. The molecule has 5 heteroatoms. The van der Waals surface area contributed by atoms with E-state index in [4.69, 9.17) is 0 Å². The van der Waals surface area contributed by atoms with E-state index in [1.54, 1.807) is 6.92 Å². The van der Waals surface area contributed by atoms with E-state index in [1.807, 2.05) is 0 Å². The van der Waals surface area contributed by atoms with E-state index in [0.29, 0.717) is 0 Å². The minimum absolute atomic E-state index is 0.285. The van der Waals surface area contributed by atoms with E-state index >= 15 is 0 Å². The van der Waals surface area contributed by atoms with E-state index in [9.17, 15) is 13.2 Å². The van der Waals surface area contributed by atoms with Crippen LogP contribution < -0.4 is 5.32 Å². The SMILES string of the molecule is CCNC(COC)C(F)(F)F. The molecule has 0 spiro atoms. The number of nitrogens with one attached hydrogen (secondary N) is 1. The zero-order valence-electron chi connectivity index (χ0n) is 6.53. The van der Waals surface area contributed by atoms with Crippen LogP contribution in [0.3, 0.4) is 0 Å². The number of rotatable bonds is 4. The maximum absolute atomic E-state index is 12.0. The Labute approximate surface area is 63.7 Å². The van der Waals surface area contributed by atoms with Gasteiger partial charge in [0.25, 0.3) is 0 Å². The molecule has 11 heavy (non-hydrogen) atoms. The first-order valence-corrected chi connectivity index (χ1v) is 3.31. The molecule has 2 nitrogen and oxygen atoms in total. The van der Waals surface area contributed by atoms with Gasteiger partial charge in [-0.15, -0.1) is 0 Å². The molecule has 0 aliphatic heterocycles. The van der Waals surface area contributed by atoms with E-state index < -0.39 is 12.2 Å². The Hall–Kier alpha value is -0.290. The summed E-state index contributed by atoms with van der Waals surface area (Å²) in [5.41, 5.74) is 0. The quantitative estimate of drug-likeness (QED) is 0.685. The molecule has 0 saturated carbocycles. The van der Waals surface area contributed by atoms with Crippen molar-refractivity contribution in [2.24, 2.45) is 0 Å². The Morgan fingerprint density at radius 1 is 1.45 bits per heavy atom. The maximum Gasteiger partial charge on any atom is 0.406 e. The number of halogens is 3. The van der Waals surface area contributed by atoms with Crippen molar-refractivity contribution in [2.45, 2.75) is 19.1 Å². The lowest BCUT2D eigenvalue weighted by Gasteiger charge is -2.19. The molecule has 0 heterocycles. The van der Waals surface area contributed by atoms with E-state index in [2.05, 4.69) is 10.1 Å². The second kappa shape index (κ2) is 4.56. The zero-order chi connectivity index (χ0) is 8.91. The van der Waals surface area contributed by atoms with Gasteiger partial charge in [-0.3, -0.25) is 0 Å². The van der Waals surface area contributed by atoms with Crippen LogP contribution in [0.4, 0.5) is 13.2 Å². The number of methoxy groups -OCH3 is 1. The summed E-state index contributed by atoms with van der Waals surface area (Å²) in [5, 5.41) is 2.27. The highest BCUT2D eigenvalue weighted by Crippen LogP contribution is 2.19. The van der Waals surface area contributed by atoms with Gasteiger partial charge in [0.2, 0.25) is 0 Å². The van der Waals surface area contributed by atoms with Crippen molar-refractivity contribution in [3.8, 4) is 0 Å². The van der Waals surface area contributed by atoms with Crippen LogP contribution in [-0.2, 0) is 4.74 Å². The van der Waals surface area contributed by atoms with Crippen LogP contribution in [0.25, 0.3) is 0 Å². The molecule has 0 aromatic rings. The Balaban J connectivity index is 3.88. The molecule has 0 radical (unpaired) electrons. The van der Waals surface area contributed by atoms with Crippen molar-refractivity contribution < 1.29 is 17.9 Å². The van der Waals surface area contributed by atoms with Gasteiger partial charge in [-0.05, 0) is 6.54 Å². The monoisotopic (exact) mass is 171 g/mol. The molecule has 68 valence electrons. The number of likely N-dealkylation sites (N-methyl/N-ethyl adjacent to an activating group) is 1. The van der Waals surface area contributed by atoms with Gasteiger partial charge in [-0.25, -0.2) is 0 Å². The molecular weight excluding hydrogens is 159 g/mol. The maximum atomic E-state index is 12.0. The number of hydrogen-bond donors (Lipinski definition) is 1. The van der Waals surface area contributed by atoms with Gasteiger partial charge in [0, 0.05) is 7.11 Å². The lowest BCUT2D eigenvalue weighted by molar-refractivity contribution is -0.165. The van der Waals surface area contributed by atoms with Crippen molar-refractivity contribution in [3.63, 3.8) is 0 Å². The van der Waals surface area contributed by atoms with Gasteiger partial charge in [0.15, 0.2) is 0 Å². The molecule has 0 bridgehead atoms. The smallest absolute Gasteiger partial charge is 0.383 e. The van der Waals surface area contributed by atoms with Crippen LogP contribution in [0.15, 0.2) is 0 Å².